The van der Waals surface area contributed by atoms with Crippen LogP contribution in [0.4, 0.5) is 5.69 Å². The average molecular weight is 596 g/mol. The van der Waals surface area contributed by atoms with Gasteiger partial charge in [-0.1, -0.05) is 35.9 Å². The van der Waals surface area contributed by atoms with Crippen LogP contribution in [0.5, 0.6) is 11.5 Å². The summed E-state index contributed by atoms with van der Waals surface area (Å²) in [4.78, 5) is 31.8. The minimum atomic E-state index is -0.466. The summed E-state index contributed by atoms with van der Waals surface area (Å²) >= 11 is 7.72. The van der Waals surface area contributed by atoms with Gasteiger partial charge in [0.15, 0.2) is 18.0 Å². The van der Waals surface area contributed by atoms with E-state index in [0.717, 1.165) is 32.8 Å². The molecule has 0 fully saturated rings. The molecule has 0 radical (unpaired) electrons. The Hall–Kier alpha value is -4.33. The third-order valence-corrected chi connectivity index (χ3v) is 8.73. The number of para-hydroxylation sites is 1. The monoisotopic (exact) mass is 595 g/mol. The normalized spacial score (nSPS) is 14.5. The number of thioether (sulfide) groups is 1. The Balaban J connectivity index is 1.48. The molecule has 0 N–H and O–H groups in total. The molecule has 42 heavy (non-hydrogen) atoms. The van der Waals surface area contributed by atoms with Crippen molar-refractivity contribution in [3.8, 4) is 11.5 Å². The fourth-order valence-corrected chi connectivity index (χ4v) is 6.35. The lowest BCUT2D eigenvalue weighted by atomic mass is 9.97. The Kier molecular flexibility index (Phi) is 7.87. The quantitative estimate of drug-likeness (QED) is 0.139. The van der Waals surface area contributed by atoms with Gasteiger partial charge < -0.3 is 13.9 Å². The van der Waals surface area contributed by atoms with Crippen molar-refractivity contribution in [1.82, 2.24) is 0 Å². The van der Waals surface area contributed by atoms with Crippen molar-refractivity contribution in [3.05, 3.63) is 129 Å². The molecule has 0 amide bonds. The first kappa shape index (κ1) is 27.8. The smallest absolute Gasteiger partial charge is 0.336 e. The Morgan fingerprint density at radius 1 is 1.02 bits per heavy atom. The maximum Gasteiger partial charge on any atom is 0.336 e. The maximum absolute atomic E-state index is 13.0. The van der Waals surface area contributed by atoms with E-state index in [2.05, 4.69) is 18.2 Å². The molecular weight excluding hydrogens is 570 g/mol. The van der Waals surface area contributed by atoms with E-state index in [1.807, 2.05) is 49.4 Å². The molecule has 0 unspecified atom stereocenters. The van der Waals surface area contributed by atoms with Crippen LogP contribution >= 0.6 is 23.4 Å². The number of aliphatic imine (C=N–C) groups is 1. The average Bonchev–Trinajstić information content (AvgIpc) is 3.19. The van der Waals surface area contributed by atoms with Gasteiger partial charge in [0.25, 0.3) is 0 Å². The molecule has 4 aromatic carbocycles. The van der Waals surface area contributed by atoms with E-state index in [1.54, 1.807) is 43.1 Å². The Labute approximate surface area is 252 Å². The molecule has 6 nitrogen and oxygen atoms in total. The zero-order valence-corrected chi connectivity index (χ0v) is 24.5. The fourth-order valence-electron chi connectivity index (χ4n) is 4.99. The van der Waals surface area contributed by atoms with Crippen LogP contribution in [0.2, 0.25) is 5.02 Å². The lowest BCUT2D eigenvalue weighted by Crippen LogP contribution is -2.15. The molecule has 1 aliphatic rings. The number of halogens is 1. The van der Waals surface area contributed by atoms with E-state index >= 15 is 0 Å². The Morgan fingerprint density at radius 2 is 1.79 bits per heavy atom. The second-order valence-corrected chi connectivity index (χ2v) is 11.6. The van der Waals surface area contributed by atoms with Gasteiger partial charge >= 0.3 is 5.63 Å². The molecule has 0 aliphatic carbocycles. The SMILES string of the molecule is COc1ccc([C@H]2CC(c3c(OCC(=O)c4ccc(Cl)cc4)ccc4c(C)cc(=O)oc34)=Nc3ccccc3S2)cc1. The number of fused-ring (bicyclic) bond motifs is 2. The van der Waals surface area contributed by atoms with E-state index in [4.69, 9.17) is 30.5 Å². The van der Waals surface area contributed by atoms with Crippen molar-refractivity contribution in [3.63, 3.8) is 0 Å². The second-order valence-electron chi connectivity index (χ2n) is 9.89. The van der Waals surface area contributed by atoms with Crippen molar-refractivity contribution in [2.45, 2.75) is 23.5 Å². The number of benzene rings is 4. The van der Waals surface area contributed by atoms with E-state index < -0.39 is 5.63 Å². The maximum atomic E-state index is 13.0. The van der Waals surface area contributed by atoms with E-state index in [0.29, 0.717) is 39.6 Å². The highest BCUT2D eigenvalue weighted by atomic mass is 35.5. The topological polar surface area (TPSA) is 78.1 Å². The number of Topliss-reactive ketones (excluding diaryl/α,β-unsaturated/α-hetero) is 1. The first-order chi connectivity index (χ1) is 20.4. The lowest BCUT2D eigenvalue weighted by molar-refractivity contribution is 0.0921. The first-order valence-corrected chi connectivity index (χ1v) is 14.6. The number of aryl methyl sites for hydroxylation is 1. The Morgan fingerprint density at radius 3 is 2.55 bits per heavy atom. The van der Waals surface area contributed by atoms with Crippen LogP contribution in [0.1, 0.15) is 38.7 Å². The van der Waals surface area contributed by atoms with Crippen molar-refractivity contribution < 1.29 is 18.7 Å². The summed E-state index contributed by atoms with van der Waals surface area (Å²) in [5.41, 5.74) is 4.35. The van der Waals surface area contributed by atoms with Crippen LogP contribution in [-0.4, -0.2) is 25.2 Å². The van der Waals surface area contributed by atoms with E-state index in [1.165, 1.54) is 6.07 Å². The summed E-state index contributed by atoms with van der Waals surface area (Å²) in [6, 6.07) is 27.8. The molecule has 1 aliphatic heterocycles. The fraction of sp³-hybridized carbons (Fsp3) is 0.147. The minimum Gasteiger partial charge on any atom is -0.497 e. The van der Waals surface area contributed by atoms with Gasteiger partial charge in [0.05, 0.1) is 24.1 Å². The summed E-state index contributed by atoms with van der Waals surface area (Å²) in [7, 11) is 1.64. The number of ether oxygens (including phenoxy) is 2. The molecule has 0 bridgehead atoms. The zero-order valence-electron chi connectivity index (χ0n) is 22.9. The van der Waals surface area contributed by atoms with Crippen LogP contribution in [0.3, 0.4) is 0 Å². The number of methoxy groups -OCH3 is 1. The third-order valence-electron chi connectivity index (χ3n) is 7.15. The van der Waals surface area contributed by atoms with Crippen molar-refractivity contribution in [2.75, 3.05) is 13.7 Å². The third kappa shape index (κ3) is 5.71. The summed E-state index contributed by atoms with van der Waals surface area (Å²) in [5, 5.41) is 1.31. The van der Waals surface area contributed by atoms with E-state index in [9.17, 15) is 9.59 Å². The number of nitrogens with zero attached hydrogens (tertiary/aromatic N) is 1. The van der Waals surface area contributed by atoms with Gasteiger partial charge in [-0.25, -0.2) is 4.79 Å². The predicted octanol–water partition coefficient (Wildman–Crippen LogP) is 8.38. The molecule has 6 rings (SSSR count). The Bertz CT molecular complexity index is 1880. The molecule has 2 heterocycles. The van der Waals surface area contributed by atoms with Crippen molar-refractivity contribution >= 4 is 51.5 Å². The summed E-state index contributed by atoms with van der Waals surface area (Å²) in [6.45, 7) is 1.66. The molecule has 8 heteroatoms. The van der Waals surface area contributed by atoms with Gasteiger partial charge in [0.1, 0.15) is 11.5 Å². The molecular formula is C34H26ClNO5S. The zero-order chi connectivity index (χ0) is 29.2. The summed E-state index contributed by atoms with van der Waals surface area (Å²) < 4.78 is 17.4. The van der Waals surface area contributed by atoms with Crippen LogP contribution in [0.15, 0.2) is 110 Å². The highest BCUT2D eigenvalue weighted by Gasteiger charge is 2.27. The standard InChI is InChI=1S/C34H26ClNO5S/c1-20-17-32(38)41-34-25(20)15-16-29(40-19-28(37)21-7-11-23(35)12-8-21)33(34)27-18-31(22-9-13-24(39-2)14-10-22)42-30-6-4-3-5-26(30)36-27/h3-17,31H,18-19H2,1-2H3/t31-/m1/s1. The number of hydrogen-bond acceptors (Lipinski definition) is 7. The lowest BCUT2D eigenvalue weighted by Gasteiger charge is -2.19. The van der Waals surface area contributed by atoms with Gasteiger partial charge in [-0.3, -0.25) is 9.79 Å². The van der Waals surface area contributed by atoms with Gasteiger partial charge in [-0.15, -0.1) is 11.8 Å². The molecule has 1 aromatic heterocycles. The second kappa shape index (κ2) is 11.9. The van der Waals surface area contributed by atoms with Crippen LogP contribution in [0, 0.1) is 6.92 Å². The molecule has 0 saturated carbocycles. The largest absolute Gasteiger partial charge is 0.497 e. The predicted molar refractivity (Wildman–Crippen MR) is 167 cm³/mol. The molecule has 1 atom stereocenters. The number of carbonyl (C=O) groups excluding carboxylic acids is 1. The number of rotatable bonds is 7. The van der Waals surface area contributed by atoms with E-state index in [-0.39, 0.29) is 17.6 Å². The summed E-state index contributed by atoms with van der Waals surface area (Å²) in [6.07, 6.45) is 0.518. The first-order valence-electron chi connectivity index (χ1n) is 13.4. The van der Waals surface area contributed by atoms with Gasteiger partial charge in [-0.05, 0) is 78.7 Å². The highest BCUT2D eigenvalue weighted by molar-refractivity contribution is 7.99. The molecule has 0 saturated heterocycles. The van der Waals surface area contributed by atoms with Gasteiger partial charge in [-0.2, -0.15) is 0 Å². The molecule has 5 aromatic rings. The van der Waals surface area contributed by atoms with Crippen molar-refractivity contribution in [1.29, 1.82) is 0 Å². The number of ketones is 1. The highest BCUT2D eigenvalue weighted by Crippen LogP contribution is 2.47. The van der Waals surface area contributed by atoms with Gasteiger partial charge in [0, 0.05) is 38.6 Å². The number of hydrogen-bond donors (Lipinski definition) is 0. The minimum absolute atomic E-state index is 0.00589. The van der Waals surface area contributed by atoms with Crippen molar-refractivity contribution in [2.24, 2.45) is 4.99 Å². The number of carbonyl (C=O) groups is 1. The van der Waals surface area contributed by atoms with Gasteiger partial charge in [0.2, 0.25) is 0 Å². The van der Waals surface area contributed by atoms with Crippen LogP contribution in [0.25, 0.3) is 11.0 Å². The van der Waals surface area contributed by atoms with Crippen LogP contribution < -0.4 is 15.1 Å². The molecule has 0 spiro atoms. The molecule has 210 valence electrons. The summed E-state index contributed by atoms with van der Waals surface area (Å²) in [5.74, 6) is 0.984. The van der Waals surface area contributed by atoms with Crippen LogP contribution in [-0.2, 0) is 0 Å².